The Morgan fingerprint density at radius 2 is 1.18 bits per heavy atom. The summed E-state index contributed by atoms with van der Waals surface area (Å²) in [6, 6.07) is 28.8. The minimum absolute atomic E-state index is 0.764. The molecule has 3 rings (SSSR count). The molecule has 0 aliphatic heterocycles. The Balaban J connectivity index is 1.95. The molecule has 0 fully saturated rings. The van der Waals surface area contributed by atoms with Gasteiger partial charge < -0.3 is 0 Å². The molecular formula is C20H15ClS. The Bertz CT molecular complexity index is 705. The first kappa shape index (κ1) is 15.0. The third kappa shape index (κ3) is 3.82. The largest absolute Gasteiger partial charge is 0.0974 e. The van der Waals surface area contributed by atoms with E-state index in [0.717, 1.165) is 5.02 Å². The maximum atomic E-state index is 5.94. The van der Waals surface area contributed by atoms with E-state index in [0.29, 0.717) is 0 Å². The average molecular weight is 323 g/mol. The fraction of sp³-hybridized carbons (Fsp3) is 0. The number of halogens is 1. The highest BCUT2D eigenvalue weighted by atomic mass is 35.5. The van der Waals surface area contributed by atoms with Crippen molar-refractivity contribution in [3.8, 4) is 0 Å². The van der Waals surface area contributed by atoms with Crippen molar-refractivity contribution >= 4 is 28.9 Å². The highest BCUT2D eigenvalue weighted by Crippen LogP contribution is 2.30. The molecule has 0 spiro atoms. The smallest absolute Gasteiger partial charge is 0.0406 e. The van der Waals surface area contributed by atoms with Gasteiger partial charge >= 0.3 is 0 Å². The third-order valence-corrected chi connectivity index (χ3v) is 4.45. The lowest BCUT2D eigenvalue weighted by molar-refractivity contribution is 1.47. The Morgan fingerprint density at radius 1 is 0.682 bits per heavy atom. The van der Waals surface area contributed by atoms with E-state index in [-0.39, 0.29) is 0 Å². The molecule has 0 saturated carbocycles. The van der Waals surface area contributed by atoms with Gasteiger partial charge in [0.25, 0.3) is 0 Å². The number of benzene rings is 3. The van der Waals surface area contributed by atoms with Crippen LogP contribution >= 0.6 is 23.4 Å². The summed E-state index contributed by atoms with van der Waals surface area (Å²) in [7, 11) is 0. The fourth-order valence-electron chi connectivity index (χ4n) is 2.18. The maximum Gasteiger partial charge on any atom is 0.0406 e. The van der Waals surface area contributed by atoms with Crippen LogP contribution in [0, 0.1) is 0 Å². The van der Waals surface area contributed by atoms with Crippen LogP contribution in [0.2, 0.25) is 5.02 Å². The van der Waals surface area contributed by atoms with E-state index in [1.807, 2.05) is 36.4 Å². The fourth-order valence-corrected chi connectivity index (χ4v) is 3.12. The van der Waals surface area contributed by atoms with Crippen LogP contribution in [0.4, 0.5) is 0 Å². The lowest BCUT2D eigenvalue weighted by Crippen LogP contribution is -1.86. The van der Waals surface area contributed by atoms with Gasteiger partial charge in [0.1, 0.15) is 0 Å². The molecule has 0 unspecified atom stereocenters. The van der Waals surface area contributed by atoms with E-state index >= 15 is 0 Å². The van der Waals surface area contributed by atoms with Crippen LogP contribution in [0.25, 0.3) is 5.57 Å². The number of hydrogen-bond donors (Lipinski definition) is 0. The minimum atomic E-state index is 0.764. The molecule has 0 heterocycles. The van der Waals surface area contributed by atoms with Gasteiger partial charge in [0, 0.05) is 9.92 Å². The predicted octanol–water partition coefficient (Wildman–Crippen LogP) is 6.52. The second-order valence-electron chi connectivity index (χ2n) is 4.84. The van der Waals surface area contributed by atoms with Crippen molar-refractivity contribution in [2.24, 2.45) is 0 Å². The van der Waals surface area contributed by atoms with Crippen molar-refractivity contribution in [1.29, 1.82) is 0 Å². The van der Waals surface area contributed by atoms with Gasteiger partial charge in [0.05, 0.1) is 0 Å². The summed E-state index contributed by atoms with van der Waals surface area (Å²) < 4.78 is 0. The van der Waals surface area contributed by atoms with E-state index in [1.165, 1.54) is 21.6 Å². The van der Waals surface area contributed by atoms with Crippen molar-refractivity contribution in [3.63, 3.8) is 0 Å². The van der Waals surface area contributed by atoms with E-state index in [9.17, 15) is 0 Å². The zero-order valence-corrected chi connectivity index (χ0v) is 13.5. The summed E-state index contributed by atoms with van der Waals surface area (Å²) in [6.45, 7) is 0. The molecule has 0 aromatic heterocycles. The summed E-state index contributed by atoms with van der Waals surface area (Å²) in [5.74, 6) is 0. The van der Waals surface area contributed by atoms with Crippen LogP contribution in [0.15, 0.2) is 95.2 Å². The molecule has 0 amide bonds. The van der Waals surface area contributed by atoms with Crippen molar-refractivity contribution in [1.82, 2.24) is 0 Å². The zero-order valence-electron chi connectivity index (χ0n) is 11.9. The molecule has 0 radical (unpaired) electrons. The molecule has 22 heavy (non-hydrogen) atoms. The second kappa shape index (κ2) is 7.35. The van der Waals surface area contributed by atoms with Crippen molar-refractivity contribution in [2.75, 3.05) is 0 Å². The van der Waals surface area contributed by atoms with Gasteiger partial charge in [-0.1, -0.05) is 84.0 Å². The second-order valence-corrected chi connectivity index (χ2v) is 6.21. The van der Waals surface area contributed by atoms with Crippen LogP contribution in [0.1, 0.15) is 11.1 Å². The lowest BCUT2D eigenvalue weighted by atomic mass is 10.00. The predicted molar refractivity (Wildman–Crippen MR) is 97.3 cm³/mol. The highest BCUT2D eigenvalue weighted by molar-refractivity contribution is 8.02. The number of thioether (sulfide) groups is 1. The normalized spacial score (nSPS) is 10.2. The molecule has 0 aliphatic rings. The third-order valence-electron chi connectivity index (χ3n) is 3.30. The first-order valence-electron chi connectivity index (χ1n) is 7.06. The summed E-state index contributed by atoms with van der Waals surface area (Å²) >= 11 is 7.65. The van der Waals surface area contributed by atoms with Gasteiger partial charge in [-0.05, 0) is 46.4 Å². The van der Waals surface area contributed by atoms with E-state index in [4.69, 9.17) is 11.6 Å². The van der Waals surface area contributed by atoms with Crippen LogP contribution in [-0.2, 0) is 0 Å². The SMILES string of the molecule is Clc1ccc(SC=C(c2ccccc2)c2ccccc2)cc1. The molecular weight excluding hydrogens is 308 g/mol. The van der Waals surface area contributed by atoms with Crippen molar-refractivity contribution in [2.45, 2.75) is 4.90 Å². The van der Waals surface area contributed by atoms with Gasteiger partial charge in [-0.25, -0.2) is 0 Å². The quantitative estimate of drug-likeness (QED) is 0.492. The van der Waals surface area contributed by atoms with Gasteiger partial charge in [-0.2, -0.15) is 0 Å². The summed E-state index contributed by atoms with van der Waals surface area (Å²) in [6.07, 6.45) is 0. The molecule has 2 heteroatoms. The zero-order chi connectivity index (χ0) is 15.2. The Morgan fingerprint density at radius 3 is 1.68 bits per heavy atom. The molecule has 0 bridgehead atoms. The van der Waals surface area contributed by atoms with Gasteiger partial charge in [-0.15, -0.1) is 0 Å². The van der Waals surface area contributed by atoms with Crippen LogP contribution < -0.4 is 0 Å². The topological polar surface area (TPSA) is 0 Å². The van der Waals surface area contributed by atoms with E-state index < -0.39 is 0 Å². The Labute approximate surface area is 140 Å². The molecule has 3 aromatic rings. The Hall–Kier alpha value is -1.96. The molecule has 0 aliphatic carbocycles. The summed E-state index contributed by atoms with van der Waals surface area (Å²) in [5, 5.41) is 2.97. The lowest BCUT2D eigenvalue weighted by Gasteiger charge is -2.08. The molecule has 0 saturated heterocycles. The standard InChI is InChI=1S/C20H15ClS/c21-18-11-13-19(14-12-18)22-15-20(16-7-3-1-4-8-16)17-9-5-2-6-10-17/h1-15H. The Kier molecular flexibility index (Phi) is 4.99. The number of rotatable bonds is 4. The van der Waals surface area contributed by atoms with Crippen LogP contribution in [0.5, 0.6) is 0 Å². The van der Waals surface area contributed by atoms with Crippen molar-refractivity contribution < 1.29 is 0 Å². The summed E-state index contributed by atoms with van der Waals surface area (Å²) in [5.41, 5.74) is 3.66. The van der Waals surface area contributed by atoms with Gasteiger partial charge in [0.15, 0.2) is 0 Å². The molecule has 0 nitrogen and oxygen atoms in total. The molecule has 3 aromatic carbocycles. The minimum Gasteiger partial charge on any atom is -0.0974 e. The van der Waals surface area contributed by atoms with Crippen LogP contribution in [0.3, 0.4) is 0 Å². The summed E-state index contributed by atoms with van der Waals surface area (Å²) in [4.78, 5) is 1.17. The molecule has 0 atom stereocenters. The average Bonchev–Trinajstić information content (AvgIpc) is 2.59. The van der Waals surface area contributed by atoms with Gasteiger partial charge in [0.2, 0.25) is 0 Å². The first-order chi connectivity index (χ1) is 10.8. The highest BCUT2D eigenvalue weighted by Gasteiger charge is 2.04. The van der Waals surface area contributed by atoms with Crippen LogP contribution in [-0.4, -0.2) is 0 Å². The number of hydrogen-bond acceptors (Lipinski definition) is 1. The van der Waals surface area contributed by atoms with Gasteiger partial charge in [-0.3, -0.25) is 0 Å². The maximum absolute atomic E-state index is 5.94. The van der Waals surface area contributed by atoms with E-state index in [1.54, 1.807) is 11.8 Å². The monoisotopic (exact) mass is 322 g/mol. The van der Waals surface area contributed by atoms with Crippen molar-refractivity contribution in [3.05, 3.63) is 106 Å². The molecule has 0 N–H and O–H groups in total. The molecule has 108 valence electrons. The van der Waals surface area contributed by atoms with E-state index in [2.05, 4.69) is 53.9 Å². The first-order valence-corrected chi connectivity index (χ1v) is 8.32.